The van der Waals surface area contributed by atoms with Crippen molar-refractivity contribution in [2.24, 2.45) is 0 Å². The quantitative estimate of drug-likeness (QED) is 0.527. The molecule has 0 aliphatic rings. The standard InChI is InChI=1S/C7H4BrF4NO2S/c8-2-16(14,15)13-7-5(11)3(9)1-4(10)6(7)12/h1,13H,2H2. The molecule has 16 heavy (non-hydrogen) atoms. The summed E-state index contributed by atoms with van der Waals surface area (Å²) < 4.78 is 73.9. The Balaban J connectivity index is 3.34. The van der Waals surface area contributed by atoms with E-state index in [-0.39, 0.29) is 6.07 Å². The van der Waals surface area contributed by atoms with Gasteiger partial charge in [0.15, 0.2) is 23.3 Å². The third-order valence-corrected chi connectivity index (χ3v) is 4.12. The fraction of sp³-hybridized carbons (Fsp3) is 0.143. The molecule has 90 valence electrons. The zero-order chi connectivity index (χ0) is 12.5. The monoisotopic (exact) mass is 321 g/mol. The smallest absolute Gasteiger partial charge is 0.242 e. The molecule has 0 aromatic heterocycles. The summed E-state index contributed by atoms with van der Waals surface area (Å²) >= 11 is 2.53. The van der Waals surface area contributed by atoms with E-state index in [9.17, 15) is 26.0 Å². The zero-order valence-corrected chi connectivity index (χ0v) is 9.80. The second kappa shape index (κ2) is 4.58. The van der Waals surface area contributed by atoms with Crippen LogP contribution >= 0.6 is 15.9 Å². The van der Waals surface area contributed by atoms with Crippen LogP contribution in [0.1, 0.15) is 0 Å². The van der Waals surface area contributed by atoms with Gasteiger partial charge in [0.05, 0.1) is 0 Å². The van der Waals surface area contributed by atoms with Crippen molar-refractivity contribution in [1.29, 1.82) is 0 Å². The van der Waals surface area contributed by atoms with Gasteiger partial charge in [-0.05, 0) is 0 Å². The highest BCUT2D eigenvalue weighted by molar-refractivity contribution is 9.10. The fourth-order valence-corrected chi connectivity index (χ4v) is 1.73. The average molecular weight is 322 g/mol. The number of nitrogens with one attached hydrogen (secondary N) is 1. The summed E-state index contributed by atoms with van der Waals surface area (Å²) in [5.41, 5.74) is -1.38. The van der Waals surface area contributed by atoms with Crippen molar-refractivity contribution >= 4 is 31.6 Å². The number of anilines is 1. The van der Waals surface area contributed by atoms with E-state index in [1.807, 2.05) is 0 Å². The van der Waals surface area contributed by atoms with Gasteiger partial charge in [0.25, 0.3) is 0 Å². The molecule has 0 aliphatic carbocycles. The van der Waals surface area contributed by atoms with Crippen LogP contribution < -0.4 is 4.72 Å². The number of benzene rings is 1. The van der Waals surface area contributed by atoms with E-state index >= 15 is 0 Å². The van der Waals surface area contributed by atoms with Gasteiger partial charge in [0.1, 0.15) is 10.3 Å². The number of hydrogen-bond donors (Lipinski definition) is 1. The SMILES string of the molecule is O=S(=O)(CBr)Nc1c(F)c(F)cc(F)c1F. The molecule has 0 aliphatic heterocycles. The van der Waals surface area contributed by atoms with Crippen LogP contribution in [0.4, 0.5) is 23.2 Å². The molecule has 0 unspecified atom stereocenters. The first-order chi connectivity index (χ1) is 7.28. The van der Waals surface area contributed by atoms with Crippen LogP contribution in [-0.2, 0) is 10.0 Å². The van der Waals surface area contributed by atoms with E-state index in [0.717, 1.165) is 0 Å². The third-order valence-electron chi connectivity index (χ3n) is 1.51. The summed E-state index contributed by atoms with van der Waals surface area (Å²) in [6, 6.07) is -0.0173. The summed E-state index contributed by atoms with van der Waals surface area (Å²) in [6.45, 7) is 0. The average Bonchev–Trinajstić information content (AvgIpc) is 2.22. The second-order valence-corrected chi connectivity index (χ2v) is 5.69. The molecule has 0 heterocycles. The summed E-state index contributed by atoms with van der Waals surface area (Å²) in [7, 11) is -4.10. The predicted molar refractivity (Wildman–Crippen MR) is 52.6 cm³/mol. The van der Waals surface area contributed by atoms with Gasteiger partial charge >= 0.3 is 0 Å². The van der Waals surface area contributed by atoms with E-state index in [2.05, 4.69) is 15.9 Å². The number of hydrogen-bond acceptors (Lipinski definition) is 2. The van der Waals surface area contributed by atoms with Crippen LogP contribution in [0.15, 0.2) is 6.07 Å². The third kappa shape index (κ3) is 2.64. The largest absolute Gasteiger partial charge is 0.277 e. The maximum Gasteiger partial charge on any atom is 0.242 e. The van der Waals surface area contributed by atoms with Crippen molar-refractivity contribution in [3.05, 3.63) is 29.3 Å². The van der Waals surface area contributed by atoms with Crippen LogP contribution in [-0.4, -0.2) is 13.1 Å². The summed E-state index contributed by atoms with van der Waals surface area (Å²) in [6.07, 6.45) is 0. The Morgan fingerprint density at radius 3 is 1.94 bits per heavy atom. The van der Waals surface area contributed by atoms with Crippen molar-refractivity contribution in [3.63, 3.8) is 0 Å². The first kappa shape index (κ1) is 13.2. The first-order valence-corrected chi connectivity index (χ1v) is 6.45. The molecule has 0 saturated heterocycles. The first-order valence-electron chi connectivity index (χ1n) is 3.68. The highest BCUT2D eigenvalue weighted by Gasteiger charge is 2.22. The Morgan fingerprint density at radius 2 is 1.56 bits per heavy atom. The Hall–Kier alpha value is -0.830. The number of halogens is 5. The lowest BCUT2D eigenvalue weighted by Gasteiger charge is -2.08. The molecule has 1 aromatic carbocycles. The number of sulfonamides is 1. The topological polar surface area (TPSA) is 46.2 Å². The van der Waals surface area contributed by atoms with Gasteiger partial charge in [-0.2, -0.15) is 0 Å². The second-order valence-electron chi connectivity index (χ2n) is 2.67. The lowest BCUT2D eigenvalue weighted by atomic mass is 10.3. The van der Waals surface area contributed by atoms with Crippen LogP contribution in [0.25, 0.3) is 0 Å². The molecule has 9 heteroatoms. The molecule has 0 spiro atoms. The molecular weight excluding hydrogens is 318 g/mol. The molecule has 0 saturated carbocycles. The Labute approximate surface area is 96.6 Å². The Bertz CT molecular complexity index is 493. The molecule has 0 radical (unpaired) electrons. The van der Waals surface area contributed by atoms with Gasteiger partial charge in [-0.25, -0.2) is 26.0 Å². The summed E-state index contributed by atoms with van der Waals surface area (Å²) in [5, 5.41) is 0. The van der Waals surface area contributed by atoms with Crippen LogP contribution in [0.3, 0.4) is 0 Å². The van der Waals surface area contributed by atoms with E-state index in [1.54, 1.807) is 0 Å². The molecule has 1 rings (SSSR count). The van der Waals surface area contributed by atoms with Crippen LogP contribution in [0.2, 0.25) is 0 Å². The maximum atomic E-state index is 13.0. The predicted octanol–water partition coefficient (Wildman–Crippen LogP) is 2.34. The van der Waals surface area contributed by atoms with Crippen molar-refractivity contribution < 1.29 is 26.0 Å². The summed E-state index contributed by atoms with van der Waals surface area (Å²) in [5.74, 6) is -6.98. The van der Waals surface area contributed by atoms with Gasteiger partial charge in [0, 0.05) is 6.07 Å². The minimum Gasteiger partial charge on any atom is -0.277 e. The molecule has 0 bridgehead atoms. The Kier molecular flexibility index (Phi) is 3.79. The normalized spacial score (nSPS) is 11.6. The molecule has 1 N–H and O–H groups in total. The van der Waals surface area contributed by atoms with Crippen LogP contribution in [0.5, 0.6) is 0 Å². The van der Waals surface area contributed by atoms with Gasteiger partial charge in [-0.1, -0.05) is 15.9 Å². The van der Waals surface area contributed by atoms with E-state index in [4.69, 9.17) is 0 Å². The molecule has 0 atom stereocenters. The zero-order valence-electron chi connectivity index (χ0n) is 7.40. The van der Waals surface area contributed by atoms with Crippen molar-refractivity contribution in [3.8, 4) is 0 Å². The van der Waals surface area contributed by atoms with Gasteiger partial charge < -0.3 is 0 Å². The minimum atomic E-state index is -4.10. The maximum absolute atomic E-state index is 13.0. The number of rotatable bonds is 3. The van der Waals surface area contributed by atoms with Crippen molar-refractivity contribution in [2.75, 3.05) is 9.38 Å². The molecule has 3 nitrogen and oxygen atoms in total. The van der Waals surface area contributed by atoms with Crippen molar-refractivity contribution in [1.82, 2.24) is 0 Å². The highest BCUT2D eigenvalue weighted by Crippen LogP contribution is 2.25. The van der Waals surface area contributed by atoms with E-state index in [1.165, 1.54) is 4.72 Å². The lowest BCUT2D eigenvalue weighted by Crippen LogP contribution is -2.16. The van der Waals surface area contributed by atoms with Crippen molar-refractivity contribution in [2.45, 2.75) is 0 Å². The Morgan fingerprint density at radius 1 is 1.12 bits per heavy atom. The fourth-order valence-electron chi connectivity index (χ4n) is 0.846. The molecule has 0 amide bonds. The molecular formula is C7H4BrF4NO2S. The van der Waals surface area contributed by atoms with E-state index < -0.39 is 43.6 Å². The summed E-state index contributed by atoms with van der Waals surface area (Å²) in [4.78, 5) is 0. The lowest BCUT2D eigenvalue weighted by molar-refractivity contribution is 0.459. The van der Waals surface area contributed by atoms with E-state index in [0.29, 0.717) is 0 Å². The van der Waals surface area contributed by atoms with Crippen LogP contribution in [0, 0.1) is 23.3 Å². The van der Waals surface area contributed by atoms with Gasteiger partial charge in [-0.3, -0.25) is 4.72 Å². The number of alkyl halides is 1. The minimum absolute atomic E-state index is 0.0173. The van der Waals surface area contributed by atoms with Gasteiger partial charge in [-0.15, -0.1) is 0 Å². The highest BCUT2D eigenvalue weighted by atomic mass is 79.9. The molecule has 1 aromatic rings. The molecule has 0 fully saturated rings. The van der Waals surface area contributed by atoms with Gasteiger partial charge in [0.2, 0.25) is 10.0 Å².